The Morgan fingerprint density at radius 1 is 1.67 bits per heavy atom. The summed E-state index contributed by atoms with van der Waals surface area (Å²) in [5.41, 5.74) is 6.87. The number of carbonyl (C=O) groups is 1. The zero-order valence-corrected chi connectivity index (χ0v) is 7.84. The van der Waals surface area contributed by atoms with Crippen molar-refractivity contribution < 1.29 is 9.90 Å². The number of carboxylic acids is 1. The molecule has 0 radical (unpaired) electrons. The predicted octanol–water partition coefficient (Wildman–Crippen LogP) is -0.0877. The number of aromatic amines is 1. The van der Waals surface area contributed by atoms with Gasteiger partial charge in [-0.05, 0) is 6.07 Å². The molecule has 0 saturated carbocycles. The van der Waals surface area contributed by atoms with E-state index in [1.165, 1.54) is 0 Å². The van der Waals surface area contributed by atoms with Crippen LogP contribution in [0.15, 0.2) is 18.5 Å². The lowest BCUT2D eigenvalue weighted by atomic mass is 10.1. The number of hydrogen-bond acceptors (Lipinski definition) is 4. The third-order valence-corrected chi connectivity index (χ3v) is 2.18. The molecule has 0 saturated heterocycles. The van der Waals surface area contributed by atoms with Crippen molar-refractivity contribution in [2.24, 2.45) is 5.73 Å². The summed E-state index contributed by atoms with van der Waals surface area (Å²) < 4.78 is 0. The molecule has 0 aromatic carbocycles. The summed E-state index contributed by atoms with van der Waals surface area (Å²) in [4.78, 5) is 14.5. The van der Waals surface area contributed by atoms with E-state index < -0.39 is 12.0 Å². The summed E-state index contributed by atoms with van der Waals surface area (Å²) in [6, 6.07) is 0.866. The Balaban J connectivity index is 2.32. The van der Waals surface area contributed by atoms with Gasteiger partial charge in [-0.15, -0.1) is 0 Å². The van der Waals surface area contributed by atoms with Crippen LogP contribution >= 0.6 is 0 Å². The van der Waals surface area contributed by atoms with Gasteiger partial charge in [-0.1, -0.05) is 0 Å². The highest BCUT2D eigenvalue weighted by atomic mass is 16.4. The Bertz CT molecular complexity index is 494. The zero-order chi connectivity index (χ0) is 10.8. The largest absolute Gasteiger partial charge is 0.480 e. The van der Waals surface area contributed by atoms with Gasteiger partial charge < -0.3 is 10.8 Å². The molecule has 2 aromatic rings. The molecule has 0 fully saturated rings. The summed E-state index contributed by atoms with van der Waals surface area (Å²) in [6.45, 7) is 0. The highest BCUT2D eigenvalue weighted by molar-refractivity contribution is 5.81. The number of hydrogen-bond donors (Lipinski definition) is 3. The van der Waals surface area contributed by atoms with Crippen LogP contribution in [0.3, 0.4) is 0 Å². The van der Waals surface area contributed by atoms with Gasteiger partial charge in [-0.3, -0.25) is 14.9 Å². The smallest absolute Gasteiger partial charge is 0.320 e. The van der Waals surface area contributed by atoms with Crippen LogP contribution in [0.2, 0.25) is 0 Å². The van der Waals surface area contributed by atoms with Crippen LogP contribution in [0.4, 0.5) is 0 Å². The lowest BCUT2D eigenvalue weighted by Crippen LogP contribution is -2.32. The second-order valence-corrected chi connectivity index (χ2v) is 3.24. The van der Waals surface area contributed by atoms with Crippen LogP contribution in [0, 0.1) is 0 Å². The number of nitrogens with one attached hydrogen (secondary N) is 1. The van der Waals surface area contributed by atoms with E-state index in [2.05, 4.69) is 15.2 Å². The van der Waals surface area contributed by atoms with E-state index in [1.807, 2.05) is 0 Å². The fourth-order valence-electron chi connectivity index (χ4n) is 1.38. The number of H-pyrrole nitrogens is 1. The maximum Gasteiger partial charge on any atom is 0.320 e. The summed E-state index contributed by atoms with van der Waals surface area (Å²) in [5, 5.41) is 16.3. The van der Waals surface area contributed by atoms with Crippen molar-refractivity contribution in [3.63, 3.8) is 0 Å². The van der Waals surface area contributed by atoms with E-state index in [0.29, 0.717) is 5.52 Å². The van der Waals surface area contributed by atoms with Crippen molar-refractivity contribution >= 4 is 16.9 Å². The molecule has 0 bridgehead atoms. The first-order chi connectivity index (χ1) is 7.18. The molecule has 2 rings (SSSR count). The van der Waals surface area contributed by atoms with Gasteiger partial charge in [0.05, 0.1) is 6.20 Å². The fraction of sp³-hybridized carbons (Fsp3) is 0.222. The number of rotatable bonds is 3. The maximum absolute atomic E-state index is 10.6. The first kappa shape index (κ1) is 9.60. The number of carboxylic acid groups (broad SMARTS) is 1. The molecular formula is C9H10N4O2. The van der Waals surface area contributed by atoms with Crippen molar-refractivity contribution in [3.05, 3.63) is 24.2 Å². The van der Waals surface area contributed by atoms with E-state index in [9.17, 15) is 4.79 Å². The summed E-state index contributed by atoms with van der Waals surface area (Å²) in [6.07, 6.45) is 3.48. The third-order valence-electron chi connectivity index (χ3n) is 2.18. The number of fused-ring (bicyclic) bond motifs is 1. The molecule has 0 aliphatic carbocycles. The van der Waals surface area contributed by atoms with Gasteiger partial charge in [-0.2, -0.15) is 5.10 Å². The van der Waals surface area contributed by atoms with Gasteiger partial charge in [0.1, 0.15) is 11.6 Å². The maximum atomic E-state index is 10.6. The summed E-state index contributed by atoms with van der Waals surface area (Å²) in [7, 11) is 0. The van der Waals surface area contributed by atoms with Crippen molar-refractivity contribution in [1.82, 2.24) is 15.2 Å². The monoisotopic (exact) mass is 206 g/mol. The number of pyridine rings is 1. The Morgan fingerprint density at radius 2 is 2.47 bits per heavy atom. The van der Waals surface area contributed by atoms with Gasteiger partial charge in [0.2, 0.25) is 0 Å². The molecular weight excluding hydrogens is 196 g/mol. The van der Waals surface area contributed by atoms with E-state index in [4.69, 9.17) is 10.8 Å². The molecule has 0 amide bonds. The van der Waals surface area contributed by atoms with Crippen molar-refractivity contribution in [1.29, 1.82) is 0 Å². The molecule has 0 aliphatic heterocycles. The molecule has 2 heterocycles. The molecule has 15 heavy (non-hydrogen) atoms. The molecule has 78 valence electrons. The van der Waals surface area contributed by atoms with Gasteiger partial charge in [-0.25, -0.2) is 0 Å². The van der Waals surface area contributed by atoms with Gasteiger partial charge in [0, 0.05) is 23.7 Å². The Hall–Kier alpha value is -1.95. The van der Waals surface area contributed by atoms with Crippen molar-refractivity contribution in [3.8, 4) is 0 Å². The summed E-state index contributed by atoms with van der Waals surface area (Å²) in [5.74, 6) is -1.02. The molecule has 0 spiro atoms. The minimum absolute atomic E-state index is 0.232. The molecule has 0 unspecified atom stereocenters. The molecule has 6 nitrogen and oxygen atoms in total. The second kappa shape index (κ2) is 3.66. The zero-order valence-electron chi connectivity index (χ0n) is 7.84. The highest BCUT2D eigenvalue weighted by Gasteiger charge is 2.15. The van der Waals surface area contributed by atoms with Gasteiger partial charge in [0.25, 0.3) is 0 Å². The van der Waals surface area contributed by atoms with Gasteiger partial charge >= 0.3 is 5.97 Å². The topological polar surface area (TPSA) is 105 Å². The normalized spacial score (nSPS) is 12.9. The molecule has 6 heteroatoms. The highest BCUT2D eigenvalue weighted by Crippen LogP contribution is 2.14. The van der Waals surface area contributed by atoms with E-state index in [0.717, 1.165) is 11.1 Å². The minimum atomic E-state index is -1.02. The average Bonchev–Trinajstić information content (AvgIpc) is 2.62. The van der Waals surface area contributed by atoms with Crippen LogP contribution in [-0.4, -0.2) is 32.3 Å². The van der Waals surface area contributed by atoms with Crippen LogP contribution < -0.4 is 5.73 Å². The lowest BCUT2D eigenvalue weighted by Gasteiger charge is -2.03. The average molecular weight is 206 g/mol. The van der Waals surface area contributed by atoms with Gasteiger partial charge in [0.15, 0.2) is 0 Å². The fourth-order valence-corrected chi connectivity index (χ4v) is 1.38. The number of aliphatic carboxylic acids is 1. The quantitative estimate of drug-likeness (QED) is 0.651. The standard InChI is InChI=1S/C9H10N4O2/c10-6(9(14)15)3-7-5-1-2-11-4-8(5)13-12-7/h1-2,4,6H,3,10H2,(H,12,13)(H,14,15)/t6-/m0/s1. The van der Waals surface area contributed by atoms with Crippen LogP contribution in [0.1, 0.15) is 5.69 Å². The Morgan fingerprint density at radius 3 is 3.20 bits per heavy atom. The number of nitrogens with zero attached hydrogens (tertiary/aromatic N) is 2. The van der Waals surface area contributed by atoms with E-state index >= 15 is 0 Å². The minimum Gasteiger partial charge on any atom is -0.480 e. The van der Waals surface area contributed by atoms with Crippen molar-refractivity contribution in [2.75, 3.05) is 0 Å². The Kier molecular flexibility index (Phi) is 2.34. The lowest BCUT2D eigenvalue weighted by molar-refractivity contribution is -0.138. The van der Waals surface area contributed by atoms with Crippen molar-refractivity contribution in [2.45, 2.75) is 12.5 Å². The van der Waals surface area contributed by atoms with Crippen LogP contribution in [0.5, 0.6) is 0 Å². The first-order valence-electron chi connectivity index (χ1n) is 4.44. The molecule has 0 aliphatic rings. The van der Waals surface area contributed by atoms with E-state index in [1.54, 1.807) is 18.5 Å². The van der Waals surface area contributed by atoms with E-state index in [-0.39, 0.29) is 6.42 Å². The number of nitrogens with two attached hydrogens (primary N) is 1. The third kappa shape index (κ3) is 1.79. The predicted molar refractivity (Wildman–Crippen MR) is 53.2 cm³/mol. The molecule has 2 aromatic heterocycles. The molecule has 4 N–H and O–H groups in total. The number of aromatic nitrogens is 3. The second-order valence-electron chi connectivity index (χ2n) is 3.24. The SMILES string of the molecule is N[C@@H](Cc1[nH]nc2cnccc12)C(=O)O. The Labute approximate surface area is 85.1 Å². The first-order valence-corrected chi connectivity index (χ1v) is 4.44. The molecule has 1 atom stereocenters. The van der Waals surface area contributed by atoms with Crippen LogP contribution in [0.25, 0.3) is 10.9 Å². The van der Waals surface area contributed by atoms with Crippen LogP contribution in [-0.2, 0) is 11.2 Å². The summed E-state index contributed by atoms with van der Waals surface area (Å²) >= 11 is 0.